The summed E-state index contributed by atoms with van der Waals surface area (Å²) in [7, 11) is -3.75. The molecule has 33 heavy (non-hydrogen) atoms. The summed E-state index contributed by atoms with van der Waals surface area (Å²) in [6, 6.07) is 16.0. The van der Waals surface area contributed by atoms with Crippen molar-refractivity contribution >= 4 is 32.6 Å². The SMILES string of the molecule is Cc1ccc(S(=O)(=O)n2ccc3c(-c4nc(N)cc(N5CCOC[C@H]5C)n4)cccc32)cc1. The van der Waals surface area contributed by atoms with Gasteiger partial charge in [-0.2, -0.15) is 0 Å². The maximum Gasteiger partial charge on any atom is 0.268 e. The first-order valence-corrected chi connectivity index (χ1v) is 12.2. The fourth-order valence-electron chi connectivity index (χ4n) is 4.16. The van der Waals surface area contributed by atoms with E-state index in [1.54, 1.807) is 48.7 Å². The maximum absolute atomic E-state index is 13.3. The van der Waals surface area contributed by atoms with E-state index in [0.29, 0.717) is 36.9 Å². The van der Waals surface area contributed by atoms with E-state index in [9.17, 15) is 8.42 Å². The van der Waals surface area contributed by atoms with E-state index >= 15 is 0 Å². The number of nitrogen functional groups attached to an aromatic ring is 1. The molecule has 4 aromatic rings. The summed E-state index contributed by atoms with van der Waals surface area (Å²) in [5.41, 5.74) is 8.42. The Morgan fingerprint density at radius 1 is 1.09 bits per heavy atom. The third-order valence-corrected chi connectivity index (χ3v) is 7.61. The molecule has 0 saturated carbocycles. The minimum absolute atomic E-state index is 0.164. The van der Waals surface area contributed by atoms with Crippen LogP contribution >= 0.6 is 0 Å². The molecule has 0 aliphatic carbocycles. The van der Waals surface area contributed by atoms with Crippen molar-refractivity contribution in [2.45, 2.75) is 24.8 Å². The molecule has 1 aliphatic heterocycles. The molecule has 0 radical (unpaired) electrons. The summed E-state index contributed by atoms with van der Waals surface area (Å²) in [5.74, 6) is 1.55. The number of nitrogens with zero attached hydrogens (tertiary/aromatic N) is 4. The highest BCUT2D eigenvalue weighted by Gasteiger charge is 2.23. The molecule has 3 heterocycles. The van der Waals surface area contributed by atoms with Gasteiger partial charge in [-0.15, -0.1) is 0 Å². The van der Waals surface area contributed by atoms with Gasteiger partial charge in [0.05, 0.1) is 29.7 Å². The number of anilines is 2. The quantitative estimate of drug-likeness (QED) is 0.494. The van der Waals surface area contributed by atoms with Crippen molar-refractivity contribution in [2.75, 3.05) is 30.4 Å². The van der Waals surface area contributed by atoms with E-state index in [0.717, 1.165) is 22.3 Å². The van der Waals surface area contributed by atoms with Gasteiger partial charge in [0.1, 0.15) is 11.6 Å². The molecule has 170 valence electrons. The van der Waals surface area contributed by atoms with Gasteiger partial charge in [0.15, 0.2) is 5.82 Å². The Kier molecular flexibility index (Phi) is 5.30. The molecule has 2 aromatic heterocycles. The van der Waals surface area contributed by atoms with Crippen LogP contribution in [0.3, 0.4) is 0 Å². The molecule has 0 amide bonds. The summed E-state index contributed by atoms with van der Waals surface area (Å²) in [4.78, 5) is 11.6. The van der Waals surface area contributed by atoms with Gasteiger partial charge in [-0.25, -0.2) is 22.4 Å². The number of aryl methyl sites for hydroxylation is 1. The average molecular weight is 464 g/mol. The third-order valence-electron chi connectivity index (χ3n) is 5.91. The van der Waals surface area contributed by atoms with Crippen molar-refractivity contribution in [2.24, 2.45) is 0 Å². The normalized spacial score (nSPS) is 16.9. The number of ether oxygens (including phenoxy) is 1. The van der Waals surface area contributed by atoms with Crippen LogP contribution in [0.25, 0.3) is 22.3 Å². The predicted molar refractivity (Wildman–Crippen MR) is 129 cm³/mol. The summed E-state index contributed by atoms with van der Waals surface area (Å²) in [6.07, 6.45) is 1.57. The number of benzene rings is 2. The second-order valence-corrected chi connectivity index (χ2v) is 10.1. The molecule has 1 saturated heterocycles. The molecular weight excluding hydrogens is 438 g/mol. The van der Waals surface area contributed by atoms with Gasteiger partial charge in [-0.05, 0) is 38.1 Å². The largest absolute Gasteiger partial charge is 0.384 e. The monoisotopic (exact) mass is 463 g/mol. The molecule has 1 atom stereocenters. The van der Waals surface area contributed by atoms with Crippen LogP contribution in [0.5, 0.6) is 0 Å². The molecule has 2 N–H and O–H groups in total. The summed E-state index contributed by atoms with van der Waals surface area (Å²) >= 11 is 0. The van der Waals surface area contributed by atoms with Crippen molar-refractivity contribution in [3.63, 3.8) is 0 Å². The van der Waals surface area contributed by atoms with Crippen LogP contribution < -0.4 is 10.6 Å². The molecule has 1 aliphatic rings. The van der Waals surface area contributed by atoms with Gasteiger partial charge in [0.2, 0.25) is 0 Å². The maximum atomic E-state index is 13.3. The first-order chi connectivity index (χ1) is 15.8. The fraction of sp³-hybridized carbons (Fsp3) is 0.250. The molecular formula is C24H25N5O3S. The Labute approximate surface area is 192 Å². The van der Waals surface area contributed by atoms with E-state index in [1.807, 2.05) is 19.1 Å². The fourth-order valence-corrected chi connectivity index (χ4v) is 5.51. The van der Waals surface area contributed by atoms with Crippen LogP contribution in [-0.4, -0.2) is 48.2 Å². The van der Waals surface area contributed by atoms with E-state index in [4.69, 9.17) is 15.5 Å². The molecule has 9 heteroatoms. The van der Waals surface area contributed by atoms with Gasteiger partial charge in [0.25, 0.3) is 10.0 Å². The lowest BCUT2D eigenvalue weighted by Crippen LogP contribution is -2.44. The zero-order valence-corrected chi connectivity index (χ0v) is 19.3. The number of rotatable bonds is 4. The van der Waals surface area contributed by atoms with Crippen LogP contribution in [0.15, 0.2) is 65.7 Å². The van der Waals surface area contributed by atoms with Crippen LogP contribution in [-0.2, 0) is 14.8 Å². The molecule has 2 aromatic carbocycles. The van der Waals surface area contributed by atoms with Gasteiger partial charge >= 0.3 is 0 Å². The number of nitrogens with two attached hydrogens (primary N) is 1. The minimum atomic E-state index is -3.75. The summed E-state index contributed by atoms with van der Waals surface area (Å²) < 4.78 is 33.5. The van der Waals surface area contributed by atoms with Crippen molar-refractivity contribution in [3.8, 4) is 11.4 Å². The summed E-state index contributed by atoms with van der Waals surface area (Å²) in [5, 5.41) is 0.736. The van der Waals surface area contributed by atoms with E-state index in [-0.39, 0.29) is 10.9 Å². The van der Waals surface area contributed by atoms with Crippen molar-refractivity contribution in [1.82, 2.24) is 13.9 Å². The Bertz CT molecular complexity index is 1430. The average Bonchev–Trinajstić information content (AvgIpc) is 3.24. The van der Waals surface area contributed by atoms with Crippen LogP contribution in [0.2, 0.25) is 0 Å². The van der Waals surface area contributed by atoms with Crippen molar-refractivity contribution < 1.29 is 13.2 Å². The standard InChI is InChI=1S/C24H25N5O3S/c1-16-6-8-18(9-7-16)33(30,31)29-11-10-19-20(4-3-5-21(19)29)24-26-22(25)14-23(27-24)28-12-13-32-15-17(28)2/h3-11,14,17H,12-13,15H2,1-2H3,(H2,25,26,27)/t17-/m1/s1. The Morgan fingerprint density at radius 2 is 1.88 bits per heavy atom. The first-order valence-electron chi connectivity index (χ1n) is 10.8. The first kappa shape index (κ1) is 21.4. The Balaban J connectivity index is 1.61. The lowest BCUT2D eigenvalue weighted by atomic mass is 10.1. The topological polar surface area (TPSA) is 103 Å². The van der Waals surface area contributed by atoms with Crippen LogP contribution in [0, 0.1) is 6.92 Å². The third kappa shape index (κ3) is 3.83. The molecule has 0 spiro atoms. The van der Waals surface area contributed by atoms with E-state index in [1.165, 1.54) is 3.97 Å². The Morgan fingerprint density at radius 3 is 2.64 bits per heavy atom. The molecule has 5 rings (SSSR count). The van der Waals surface area contributed by atoms with Crippen molar-refractivity contribution in [1.29, 1.82) is 0 Å². The lowest BCUT2D eigenvalue weighted by molar-refractivity contribution is 0.0985. The number of hydrogen-bond donors (Lipinski definition) is 1. The highest BCUT2D eigenvalue weighted by atomic mass is 32.2. The Hall–Kier alpha value is -3.43. The number of morpholine rings is 1. The van der Waals surface area contributed by atoms with Gasteiger partial charge in [-0.3, -0.25) is 0 Å². The number of fused-ring (bicyclic) bond motifs is 1. The lowest BCUT2D eigenvalue weighted by Gasteiger charge is -2.34. The smallest absolute Gasteiger partial charge is 0.268 e. The van der Waals surface area contributed by atoms with Crippen molar-refractivity contribution in [3.05, 3.63) is 66.4 Å². The van der Waals surface area contributed by atoms with Gasteiger partial charge < -0.3 is 15.4 Å². The van der Waals surface area contributed by atoms with Crippen LogP contribution in [0.4, 0.5) is 11.6 Å². The molecule has 0 unspecified atom stereocenters. The van der Waals surface area contributed by atoms with Gasteiger partial charge in [0, 0.05) is 29.8 Å². The second kappa shape index (κ2) is 8.17. The summed E-state index contributed by atoms with van der Waals surface area (Å²) in [6.45, 7) is 5.96. The minimum Gasteiger partial charge on any atom is -0.384 e. The number of aromatic nitrogens is 3. The predicted octanol–water partition coefficient (Wildman–Crippen LogP) is 3.45. The van der Waals surface area contributed by atoms with E-state index in [2.05, 4.69) is 16.8 Å². The zero-order valence-electron chi connectivity index (χ0n) is 18.5. The highest BCUT2D eigenvalue weighted by molar-refractivity contribution is 7.90. The van der Waals surface area contributed by atoms with E-state index < -0.39 is 10.0 Å². The van der Waals surface area contributed by atoms with Gasteiger partial charge in [-0.1, -0.05) is 29.8 Å². The highest BCUT2D eigenvalue weighted by Crippen LogP contribution is 2.31. The number of hydrogen-bond acceptors (Lipinski definition) is 7. The second-order valence-electron chi connectivity index (χ2n) is 8.26. The molecule has 1 fully saturated rings. The van der Waals surface area contributed by atoms with Crippen LogP contribution in [0.1, 0.15) is 12.5 Å². The zero-order chi connectivity index (χ0) is 23.2. The molecule has 8 nitrogen and oxygen atoms in total. The molecule has 0 bridgehead atoms.